The Labute approximate surface area is 122 Å². The van der Waals surface area contributed by atoms with E-state index in [2.05, 4.69) is 10.3 Å². The molecule has 2 heterocycles. The summed E-state index contributed by atoms with van der Waals surface area (Å²) < 4.78 is 10.9. The van der Waals surface area contributed by atoms with Gasteiger partial charge in [-0.1, -0.05) is 0 Å². The van der Waals surface area contributed by atoms with Crippen molar-refractivity contribution in [1.29, 1.82) is 0 Å². The van der Waals surface area contributed by atoms with E-state index in [1.54, 1.807) is 17.5 Å². The van der Waals surface area contributed by atoms with Gasteiger partial charge in [0.1, 0.15) is 11.6 Å². The van der Waals surface area contributed by atoms with Gasteiger partial charge in [0, 0.05) is 18.2 Å². The molecule has 0 aromatic carbocycles. The zero-order valence-electron chi connectivity index (χ0n) is 11.4. The summed E-state index contributed by atoms with van der Waals surface area (Å²) in [5.41, 5.74) is 0. The number of hydrogen-bond donors (Lipinski definition) is 1. The normalized spacial score (nSPS) is 23.7. The first kappa shape index (κ1) is 14.0. The summed E-state index contributed by atoms with van der Waals surface area (Å²) in [5, 5.41) is 6.00. The number of rotatable bonds is 7. The smallest absolute Gasteiger partial charge is 0.246 e. The van der Waals surface area contributed by atoms with E-state index in [4.69, 9.17) is 9.47 Å². The first-order valence-corrected chi connectivity index (χ1v) is 8.09. The van der Waals surface area contributed by atoms with Crippen LogP contribution in [0.15, 0.2) is 11.6 Å². The Morgan fingerprint density at radius 3 is 3.10 bits per heavy atom. The molecular weight excluding hydrogens is 276 g/mol. The molecule has 5 nitrogen and oxygen atoms in total. The predicted octanol–water partition coefficient (Wildman–Crippen LogP) is 1.91. The van der Waals surface area contributed by atoms with Crippen LogP contribution in [-0.2, 0) is 14.3 Å². The largest absolute Gasteiger partial charge is 0.376 e. The van der Waals surface area contributed by atoms with Gasteiger partial charge in [-0.15, -0.1) is 11.3 Å². The number of hydrogen-bond acceptors (Lipinski definition) is 5. The molecule has 0 bridgehead atoms. The highest BCUT2D eigenvalue weighted by atomic mass is 32.1. The summed E-state index contributed by atoms with van der Waals surface area (Å²) in [6.07, 6.45) is 6.42. The minimum atomic E-state index is -0.0601. The number of aromatic nitrogens is 1. The van der Waals surface area contributed by atoms with Crippen LogP contribution in [0.3, 0.4) is 0 Å². The second-order valence-electron chi connectivity index (χ2n) is 5.40. The van der Waals surface area contributed by atoms with E-state index in [-0.39, 0.29) is 24.7 Å². The van der Waals surface area contributed by atoms with Crippen molar-refractivity contribution in [3.8, 4) is 0 Å². The van der Waals surface area contributed by atoms with E-state index in [1.165, 1.54) is 12.8 Å². The molecule has 1 aliphatic heterocycles. The summed E-state index contributed by atoms with van der Waals surface area (Å²) in [7, 11) is 0. The van der Waals surface area contributed by atoms with E-state index in [0.717, 1.165) is 24.5 Å². The Morgan fingerprint density at radius 2 is 2.45 bits per heavy atom. The topological polar surface area (TPSA) is 60.5 Å². The molecule has 2 fully saturated rings. The van der Waals surface area contributed by atoms with Gasteiger partial charge in [0.25, 0.3) is 0 Å². The van der Waals surface area contributed by atoms with Crippen LogP contribution in [-0.4, -0.2) is 36.8 Å². The minimum absolute atomic E-state index is 0.0601. The molecular formula is C14H20N2O3S. The first-order chi connectivity index (χ1) is 9.83. The summed E-state index contributed by atoms with van der Waals surface area (Å²) >= 11 is 1.60. The third kappa shape index (κ3) is 3.77. The molecule has 2 atom stereocenters. The van der Waals surface area contributed by atoms with Gasteiger partial charge in [0.15, 0.2) is 0 Å². The molecule has 1 aromatic heterocycles. The van der Waals surface area contributed by atoms with Gasteiger partial charge in [-0.3, -0.25) is 4.79 Å². The van der Waals surface area contributed by atoms with Crippen molar-refractivity contribution < 1.29 is 14.3 Å². The van der Waals surface area contributed by atoms with Crippen molar-refractivity contribution >= 4 is 17.2 Å². The number of carbonyl (C=O) groups is 1. The fourth-order valence-corrected chi connectivity index (χ4v) is 3.25. The number of carbonyl (C=O) groups excluding carboxylic acids is 1. The lowest BCUT2D eigenvalue weighted by Crippen LogP contribution is -2.33. The molecule has 1 aliphatic carbocycles. The molecule has 6 heteroatoms. The lowest BCUT2D eigenvalue weighted by atomic mass is 10.2. The molecule has 0 radical (unpaired) electrons. The second-order valence-corrected chi connectivity index (χ2v) is 6.33. The Balaban J connectivity index is 1.42. The number of nitrogens with zero attached hydrogens (tertiary/aromatic N) is 1. The van der Waals surface area contributed by atoms with Gasteiger partial charge in [-0.2, -0.15) is 0 Å². The van der Waals surface area contributed by atoms with Crippen molar-refractivity contribution in [2.75, 3.05) is 19.8 Å². The Hall–Kier alpha value is -0.980. The number of ether oxygens (including phenoxy) is 2. The molecule has 2 aliphatic rings. The van der Waals surface area contributed by atoms with Gasteiger partial charge in [0.2, 0.25) is 5.91 Å². The molecule has 1 saturated carbocycles. The standard InChI is InChI=1S/C14H20N2O3S/c17-12(9-18-8-11-2-1-6-19-11)16-13(10-3-4-10)14-15-5-7-20-14/h5,7,10-11,13H,1-4,6,8-9H2,(H,16,17)/t11-,13+/m1/s1. The zero-order valence-corrected chi connectivity index (χ0v) is 12.2. The highest BCUT2D eigenvalue weighted by Gasteiger charge is 2.34. The van der Waals surface area contributed by atoms with Gasteiger partial charge in [-0.25, -0.2) is 4.98 Å². The molecule has 3 rings (SSSR count). The van der Waals surface area contributed by atoms with E-state index in [1.807, 2.05) is 5.38 Å². The lowest BCUT2D eigenvalue weighted by molar-refractivity contribution is -0.127. The molecule has 1 saturated heterocycles. The maximum absolute atomic E-state index is 12.0. The van der Waals surface area contributed by atoms with Gasteiger partial charge in [0.05, 0.1) is 18.8 Å². The minimum Gasteiger partial charge on any atom is -0.376 e. The number of nitrogens with one attached hydrogen (secondary N) is 1. The van der Waals surface area contributed by atoms with E-state index < -0.39 is 0 Å². The first-order valence-electron chi connectivity index (χ1n) is 7.21. The summed E-state index contributed by atoms with van der Waals surface area (Å²) in [5.74, 6) is 0.485. The van der Waals surface area contributed by atoms with Crippen molar-refractivity contribution in [2.24, 2.45) is 5.92 Å². The molecule has 0 spiro atoms. The van der Waals surface area contributed by atoms with Crippen molar-refractivity contribution in [2.45, 2.75) is 37.8 Å². The van der Waals surface area contributed by atoms with Crippen molar-refractivity contribution in [3.05, 3.63) is 16.6 Å². The van der Waals surface area contributed by atoms with Gasteiger partial charge in [-0.05, 0) is 31.6 Å². The van der Waals surface area contributed by atoms with Crippen LogP contribution in [0.1, 0.15) is 36.7 Å². The van der Waals surface area contributed by atoms with Crippen LogP contribution in [0.25, 0.3) is 0 Å². The molecule has 110 valence electrons. The maximum atomic E-state index is 12.0. The fraction of sp³-hybridized carbons (Fsp3) is 0.714. The molecule has 1 aromatic rings. The summed E-state index contributed by atoms with van der Waals surface area (Å²) in [4.78, 5) is 16.3. The Bertz CT molecular complexity index is 428. The zero-order chi connectivity index (χ0) is 13.8. The second kappa shape index (κ2) is 6.65. The highest BCUT2D eigenvalue weighted by molar-refractivity contribution is 7.09. The predicted molar refractivity (Wildman–Crippen MR) is 75.5 cm³/mol. The summed E-state index contributed by atoms with van der Waals surface area (Å²) in [6.45, 7) is 1.43. The molecule has 20 heavy (non-hydrogen) atoms. The molecule has 1 amide bonds. The molecule has 1 N–H and O–H groups in total. The quantitative estimate of drug-likeness (QED) is 0.835. The van der Waals surface area contributed by atoms with Crippen LogP contribution in [0.2, 0.25) is 0 Å². The average Bonchev–Trinajstić information content (AvgIpc) is 2.93. The van der Waals surface area contributed by atoms with Crippen LogP contribution < -0.4 is 5.32 Å². The monoisotopic (exact) mass is 296 g/mol. The number of thiazole rings is 1. The number of amides is 1. The van der Waals surface area contributed by atoms with Crippen LogP contribution in [0.4, 0.5) is 0 Å². The van der Waals surface area contributed by atoms with Crippen LogP contribution >= 0.6 is 11.3 Å². The van der Waals surface area contributed by atoms with Gasteiger partial charge < -0.3 is 14.8 Å². The molecule has 0 unspecified atom stereocenters. The fourth-order valence-electron chi connectivity index (χ4n) is 2.47. The van der Waals surface area contributed by atoms with E-state index >= 15 is 0 Å². The SMILES string of the molecule is O=C(COC[C@H]1CCCO1)N[C@H](c1nccs1)C1CC1. The lowest BCUT2D eigenvalue weighted by Gasteiger charge is -2.16. The van der Waals surface area contributed by atoms with Crippen molar-refractivity contribution in [1.82, 2.24) is 10.3 Å². The maximum Gasteiger partial charge on any atom is 0.246 e. The highest BCUT2D eigenvalue weighted by Crippen LogP contribution is 2.41. The van der Waals surface area contributed by atoms with Crippen LogP contribution in [0.5, 0.6) is 0 Å². The Kier molecular flexibility index (Phi) is 4.65. The third-order valence-electron chi connectivity index (χ3n) is 3.69. The Morgan fingerprint density at radius 1 is 1.55 bits per heavy atom. The van der Waals surface area contributed by atoms with E-state index in [0.29, 0.717) is 12.5 Å². The van der Waals surface area contributed by atoms with Gasteiger partial charge >= 0.3 is 0 Å². The third-order valence-corrected chi connectivity index (χ3v) is 4.55. The summed E-state index contributed by atoms with van der Waals surface area (Å²) in [6, 6.07) is 0.0637. The average molecular weight is 296 g/mol. The van der Waals surface area contributed by atoms with Crippen molar-refractivity contribution in [3.63, 3.8) is 0 Å². The van der Waals surface area contributed by atoms with E-state index in [9.17, 15) is 4.79 Å². The van der Waals surface area contributed by atoms with Crippen LogP contribution in [0, 0.1) is 5.92 Å².